The van der Waals surface area contributed by atoms with Crippen LogP contribution in [-0.2, 0) is 4.74 Å². The van der Waals surface area contributed by atoms with Crippen molar-refractivity contribution in [3.05, 3.63) is 0 Å². The SMILES string of the molecule is CCCCOC(=O)N1CC[C@H]([C@H](O)CCO)C1. The van der Waals surface area contributed by atoms with Gasteiger partial charge in [-0.15, -0.1) is 0 Å². The fourth-order valence-electron chi connectivity index (χ4n) is 2.03. The van der Waals surface area contributed by atoms with E-state index >= 15 is 0 Å². The number of rotatable bonds is 6. The summed E-state index contributed by atoms with van der Waals surface area (Å²) in [5.74, 6) is 0.0703. The molecule has 100 valence electrons. The molecule has 0 spiro atoms. The highest BCUT2D eigenvalue weighted by Crippen LogP contribution is 2.22. The van der Waals surface area contributed by atoms with E-state index in [1.807, 2.05) is 6.92 Å². The first-order chi connectivity index (χ1) is 8.19. The number of ether oxygens (including phenoxy) is 1. The molecule has 1 heterocycles. The first kappa shape index (κ1) is 14.3. The van der Waals surface area contributed by atoms with Crippen LogP contribution in [0, 0.1) is 5.92 Å². The van der Waals surface area contributed by atoms with Crippen LogP contribution in [0.3, 0.4) is 0 Å². The maximum atomic E-state index is 11.6. The molecule has 1 aliphatic heterocycles. The molecule has 0 radical (unpaired) electrons. The Morgan fingerprint density at radius 3 is 3.00 bits per heavy atom. The standard InChI is InChI=1S/C12H23NO4/c1-2-3-8-17-12(16)13-6-4-10(9-13)11(15)5-7-14/h10-11,14-15H,2-9H2,1H3/t10-,11+/m0/s1. The number of hydrogen-bond donors (Lipinski definition) is 2. The quantitative estimate of drug-likeness (QED) is 0.685. The summed E-state index contributed by atoms with van der Waals surface area (Å²) in [6, 6.07) is 0. The van der Waals surface area contributed by atoms with Crippen molar-refractivity contribution >= 4 is 6.09 Å². The highest BCUT2D eigenvalue weighted by Gasteiger charge is 2.31. The van der Waals surface area contributed by atoms with E-state index in [0.29, 0.717) is 26.1 Å². The molecular formula is C12H23NO4. The van der Waals surface area contributed by atoms with Gasteiger partial charge in [0.05, 0.1) is 12.7 Å². The Hall–Kier alpha value is -0.810. The zero-order valence-electron chi connectivity index (χ0n) is 10.5. The van der Waals surface area contributed by atoms with Crippen LogP contribution in [-0.4, -0.2) is 53.6 Å². The Morgan fingerprint density at radius 2 is 2.35 bits per heavy atom. The Balaban J connectivity index is 2.26. The number of unbranched alkanes of at least 4 members (excludes halogenated alkanes) is 1. The molecule has 2 atom stereocenters. The van der Waals surface area contributed by atoms with Gasteiger partial charge in [-0.3, -0.25) is 0 Å². The van der Waals surface area contributed by atoms with Crippen LogP contribution in [0.1, 0.15) is 32.6 Å². The minimum absolute atomic E-state index is 0.0153. The number of carbonyl (C=O) groups excluding carboxylic acids is 1. The van der Waals surface area contributed by atoms with Gasteiger partial charge >= 0.3 is 6.09 Å². The molecule has 0 aromatic carbocycles. The molecule has 1 saturated heterocycles. The topological polar surface area (TPSA) is 70.0 Å². The fourth-order valence-corrected chi connectivity index (χ4v) is 2.03. The van der Waals surface area contributed by atoms with Gasteiger partial charge in [0.2, 0.25) is 0 Å². The number of hydrogen-bond acceptors (Lipinski definition) is 4. The van der Waals surface area contributed by atoms with Gasteiger partial charge in [0.15, 0.2) is 0 Å². The van der Waals surface area contributed by atoms with Crippen LogP contribution in [0.15, 0.2) is 0 Å². The van der Waals surface area contributed by atoms with Gasteiger partial charge in [0.1, 0.15) is 0 Å². The predicted octanol–water partition coefficient (Wildman–Crippen LogP) is 0.988. The highest BCUT2D eigenvalue weighted by atomic mass is 16.6. The molecule has 0 unspecified atom stereocenters. The summed E-state index contributed by atoms with van der Waals surface area (Å²) in [5, 5.41) is 18.5. The molecule has 0 bridgehead atoms. The Bertz CT molecular complexity index is 235. The van der Waals surface area contributed by atoms with E-state index in [9.17, 15) is 9.90 Å². The lowest BCUT2D eigenvalue weighted by Gasteiger charge is -2.18. The minimum atomic E-state index is -0.520. The smallest absolute Gasteiger partial charge is 0.409 e. The van der Waals surface area contributed by atoms with E-state index in [1.165, 1.54) is 0 Å². The average Bonchev–Trinajstić information content (AvgIpc) is 2.79. The molecule has 0 aromatic heterocycles. The largest absolute Gasteiger partial charge is 0.449 e. The molecule has 1 rings (SSSR count). The lowest BCUT2D eigenvalue weighted by atomic mass is 9.99. The highest BCUT2D eigenvalue weighted by molar-refractivity contribution is 5.67. The normalized spacial score (nSPS) is 21.6. The molecule has 5 heteroatoms. The van der Waals surface area contributed by atoms with E-state index in [0.717, 1.165) is 19.3 Å². The van der Waals surface area contributed by atoms with Crippen LogP contribution >= 0.6 is 0 Å². The van der Waals surface area contributed by atoms with Gasteiger partial charge in [-0.1, -0.05) is 13.3 Å². The zero-order valence-corrected chi connectivity index (χ0v) is 10.5. The molecule has 1 aliphatic rings. The Kier molecular flexibility index (Phi) is 6.29. The van der Waals surface area contributed by atoms with Gasteiger partial charge in [0.25, 0.3) is 0 Å². The zero-order chi connectivity index (χ0) is 12.7. The second kappa shape index (κ2) is 7.50. The third-order valence-electron chi connectivity index (χ3n) is 3.18. The summed E-state index contributed by atoms with van der Waals surface area (Å²) in [7, 11) is 0. The summed E-state index contributed by atoms with van der Waals surface area (Å²) in [4.78, 5) is 13.3. The van der Waals surface area contributed by atoms with Gasteiger partial charge in [-0.2, -0.15) is 0 Å². The van der Waals surface area contributed by atoms with E-state index in [2.05, 4.69) is 0 Å². The minimum Gasteiger partial charge on any atom is -0.449 e. The van der Waals surface area contributed by atoms with Gasteiger partial charge in [-0.25, -0.2) is 4.79 Å². The third kappa shape index (κ3) is 4.52. The molecule has 1 fully saturated rings. The third-order valence-corrected chi connectivity index (χ3v) is 3.18. The van der Waals surface area contributed by atoms with E-state index in [-0.39, 0.29) is 18.6 Å². The van der Waals surface area contributed by atoms with Gasteiger partial charge < -0.3 is 19.8 Å². The van der Waals surface area contributed by atoms with Crippen molar-refractivity contribution in [1.29, 1.82) is 0 Å². The predicted molar refractivity (Wildman–Crippen MR) is 63.6 cm³/mol. The molecule has 0 aromatic rings. The van der Waals surface area contributed by atoms with E-state index in [1.54, 1.807) is 4.90 Å². The number of amides is 1. The van der Waals surface area contributed by atoms with Crippen molar-refractivity contribution in [2.24, 2.45) is 5.92 Å². The molecular weight excluding hydrogens is 222 g/mol. The number of carbonyl (C=O) groups is 1. The van der Waals surface area contributed by atoms with Crippen LogP contribution in [0.4, 0.5) is 4.79 Å². The number of nitrogens with zero attached hydrogens (tertiary/aromatic N) is 1. The van der Waals surface area contributed by atoms with Crippen molar-refractivity contribution in [3.63, 3.8) is 0 Å². The average molecular weight is 245 g/mol. The van der Waals surface area contributed by atoms with E-state index in [4.69, 9.17) is 9.84 Å². The first-order valence-electron chi connectivity index (χ1n) is 6.39. The van der Waals surface area contributed by atoms with Gasteiger partial charge in [-0.05, 0) is 19.3 Å². The Morgan fingerprint density at radius 1 is 1.59 bits per heavy atom. The summed E-state index contributed by atoms with van der Waals surface area (Å²) in [5.41, 5.74) is 0. The summed E-state index contributed by atoms with van der Waals surface area (Å²) in [6.45, 7) is 3.67. The lowest BCUT2D eigenvalue weighted by Crippen LogP contribution is -2.32. The van der Waals surface area contributed by atoms with Gasteiger partial charge in [0, 0.05) is 25.6 Å². The first-order valence-corrected chi connectivity index (χ1v) is 6.39. The second-order valence-electron chi connectivity index (χ2n) is 4.54. The molecule has 5 nitrogen and oxygen atoms in total. The maximum absolute atomic E-state index is 11.6. The van der Waals surface area contributed by atoms with Crippen molar-refractivity contribution in [1.82, 2.24) is 4.90 Å². The fraction of sp³-hybridized carbons (Fsp3) is 0.917. The molecule has 0 aliphatic carbocycles. The molecule has 2 N–H and O–H groups in total. The van der Waals surface area contributed by atoms with Crippen molar-refractivity contribution in [2.75, 3.05) is 26.3 Å². The van der Waals surface area contributed by atoms with Crippen LogP contribution in [0.5, 0.6) is 0 Å². The summed E-state index contributed by atoms with van der Waals surface area (Å²) in [6.07, 6.45) is 2.25. The monoisotopic (exact) mass is 245 g/mol. The number of aliphatic hydroxyl groups excluding tert-OH is 2. The summed E-state index contributed by atoms with van der Waals surface area (Å²) < 4.78 is 5.11. The van der Waals surface area contributed by atoms with Crippen molar-refractivity contribution in [3.8, 4) is 0 Å². The van der Waals surface area contributed by atoms with Crippen LogP contribution in [0.2, 0.25) is 0 Å². The van der Waals surface area contributed by atoms with E-state index < -0.39 is 6.10 Å². The maximum Gasteiger partial charge on any atom is 0.409 e. The Labute approximate surface area is 102 Å². The molecule has 17 heavy (non-hydrogen) atoms. The van der Waals surface area contributed by atoms with Crippen LogP contribution in [0.25, 0.3) is 0 Å². The van der Waals surface area contributed by atoms with Crippen molar-refractivity contribution < 1.29 is 19.7 Å². The molecule has 1 amide bonds. The number of likely N-dealkylation sites (tertiary alicyclic amines) is 1. The van der Waals surface area contributed by atoms with Crippen molar-refractivity contribution in [2.45, 2.75) is 38.7 Å². The number of aliphatic hydroxyl groups is 2. The van der Waals surface area contributed by atoms with Crippen LogP contribution < -0.4 is 0 Å². The molecule has 0 saturated carbocycles. The lowest BCUT2D eigenvalue weighted by molar-refractivity contribution is 0.0760. The second-order valence-corrected chi connectivity index (χ2v) is 4.54. The summed E-state index contributed by atoms with van der Waals surface area (Å²) >= 11 is 0.